The number of nitrogens with zero attached hydrogens (tertiary/aromatic N) is 1. The molecule has 0 saturated carbocycles. The molecule has 0 unspecified atom stereocenters. The normalized spacial score (nSPS) is 12.2. The number of nitrogens with one attached hydrogen (secondary N) is 3. The second-order valence-corrected chi connectivity index (χ2v) is 5.36. The molecule has 124 valence electrons. The van der Waals surface area contributed by atoms with Gasteiger partial charge in [0, 0.05) is 17.7 Å². The van der Waals surface area contributed by atoms with E-state index in [9.17, 15) is 13.6 Å². The third kappa shape index (κ3) is 4.13. The fourth-order valence-corrected chi connectivity index (χ4v) is 2.39. The van der Waals surface area contributed by atoms with E-state index < -0.39 is 11.6 Å². The number of rotatable bonds is 6. The molecular formula is C16H20F2N4O. The second-order valence-electron chi connectivity index (χ2n) is 5.36. The van der Waals surface area contributed by atoms with Crippen LogP contribution in [0.15, 0.2) is 18.2 Å². The van der Waals surface area contributed by atoms with Crippen molar-refractivity contribution in [1.82, 2.24) is 15.5 Å². The van der Waals surface area contributed by atoms with Crippen LogP contribution in [-0.2, 0) is 4.79 Å². The number of carbonyl (C=O) groups excluding carboxylic acids is 1. The molecule has 2 rings (SSSR count). The van der Waals surface area contributed by atoms with Crippen LogP contribution in [0.25, 0.3) is 0 Å². The Morgan fingerprint density at radius 3 is 2.65 bits per heavy atom. The van der Waals surface area contributed by atoms with E-state index in [2.05, 4.69) is 20.8 Å². The third-order valence-corrected chi connectivity index (χ3v) is 3.65. The number of aromatic nitrogens is 2. The molecule has 7 heteroatoms. The molecule has 1 aromatic carbocycles. The van der Waals surface area contributed by atoms with E-state index in [1.54, 1.807) is 6.92 Å². The first-order chi connectivity index (χ1) is 10.9. The molecule has 5 nitrogen and oxygen atoms in total. The van der Waals surface area contributed by atoms with Crippen molar-refractivity contribution in [2.75, 3.05) is 11.9 Å². The average molecular weight is 322 g/mol. The molecule has 23 heavy (non-hydrogen) atoms. The number of halogens is 2. The molecule has 0 aliphatic rings. The Morgan fingerprint density at radius 2 is 2.09 bits per heavy atom. The van der Waals surface area contributed by atoms with Crippen molar-refractivity contribution in [3.63, 3.8) is 0 Å². The number of hydrogen-bond donors (Lipinski definition) is 3. The predicted molar refractivity (Wildman–Crippen MR) is 84.1 cm³/mol. The minimum atomic E-state index is -0.621. The minimum Gasteiger partial charge on any atom is -0.322 e. The van der Waals surface area contributed by atoms with Crippen LogP contribution in [0.5, 0.6) is 0 Å². The van der Waals surface area contributed by atoms with Crippen molar-refractivity contribution in [2.24, 2.45) is 0 Å². The maximum absolute atomic E-state index is 13.8. The summed E-state index contributed by atoms with van der Waals surface area (Å²) in [6, 6.07) is 3.08. The zero-order valence-corrected chi connectivity index (χ0v) is 13.3. The lowest BCUT2D eigenvalue weighted by Crippen LogP contribution is -2.31. The van der Waals surface area contributed by atoms with Gasteiger partial charge in [0.15, 0.2) is 0 Å². The van der Waals surface area contributed by atoms with Crippen LogP contribution in [0.2, 0.25) is 0 Å². The van der Waals surface area contributed by atoms with Gasteiger partial charge in [-0.3, -0.25) is 9.89 Å². The first-order valence-corrected chi connectivity index (χ1v) is 7.42. The lowest BCUT2D eigenvalue weighted by Gasteiger charge is -2.18. The van der Waals surface area contributed by atoms with E-state index in [-0.39, 0.29) is 18.5 Å². The average Bonchev–Trinajstić information content (AvgIpc) is 2.81. The van der Waals surface area contributed by atoms with Gasteiger partial charge >= 0.3 is 0 Å². The topological polar surface area (TPSA) is 69.8 Å². The molecule has 1 amide bonds. The van der Waals surface area contributed by atoms with Gasteiger partial charge in [-0.1, -0.05) is 13.0 Å². The van der Waals surface area contributed by atoms with Gasteiger partial charge in [-0.05, 0) is 26.3 Å². The fourth-order valence-electron chi connectivity index (χ4n) is 2.39. The highest BCUT2D eigenvalue weighted by molar-refractivity contribution is 5.93. The highest BCUT2D eigenvalue weighted by atomic mass is 19.1. The van der Waals surface area contributed by atoms with Gasteiger partial charge in [-0.15, -0.1) is 0 Å². The van der Waals surface area contributed by atoms with E-state index in [0.29, 0.717) is 23.4 Å². The summed E-state index contributed by atoms with van der Waals surface area (Å²) >= 11 is 0. The molecular weight excluding hydrogens is 302 g/mol. The number of amides is 1. The number of hydrogen-bond acceptors (Lipinski definition) is 3. The summed E-state index contributed by atoms with van der Waals surface area (Å²) in [6.07, 6.45) is 0.569. The summed E-state index contributed by atoms with van der Waals surface area (Å²) in [4.78, 5) is 12.0. The summed E-state index contributed by atoms with van der Waals surface area (Å²) < 4.78 is 26.8. The molecule has 0 bridgehead atoms. The molecule has 1 atom stereocenters. The van der Waals surface area contributed by atoms with Crippen molar-refractivity contribution in [1.29, 1.82) is 0 Å². The van der Waals surface area contributed by atoms with Gasteiger partial charge in [0.2, 0.25) is 5.91 Å². The Kier molecular flexibility index (Phi) is 5.44. The Morgan fingerprint density at radius 1 is 1.35 bits per heavy atom. The molecule has 0 fully saturated rings. The number of anilines is 1. The lowest BCUT2D eigenvalue weighted by atomic mass is 10.0. The second kappa shape index (κ2) is 7.32. The van der Waals surface area contributed by atoms with Crippen molar-refractivity contribution in [3.05, 3.63) is 46.8 Å². The van der Waals surface area contributed by atoms with Gasteiger partial charge in [-0.2, -0.15) is 5.10 Å². The molecule has 2 aromatic rings. The summed E-state index contributed by atoms with van der Waals surface area (Å²) in [7, 11) is 0. The molecule has 1 aromatic heterocycles. The lowest BCUT2D eigenvalue weighted by molar-refractivity contribution is -0.115. The van der Waals surface area contributed by atoms with Crippen LogP contribution >= 0.6 is 0 Å². The summed E-state index contributed by atoms with van der Waals surface area (Å²) in [5.41, 5.74) is 2.47. The Bertz CT molecular complexity index is 680. The molecule has 0 saturated heterocycles. The van der Waals surface area contributed by atoms with Gasteiger partial charge in [0.25, 0.3) is 0 Å². The standard InChI is InChI=1S/C16H20F2N4O/c1-4-14(12-6-5-11(17)7-13(12)18)19-8-15(23)20-16-9(2)21-22-10(16)3/h5-7,14,19H,4,8H2,1-3H3,(H,20,23)(H,21,22)/t14-/m1/s1. The summed E-state index contributed by atoms with van der Waals surface area (Å²) in [5.74, 6) is -1.49. The van der Waals surface area contributed by atoms with E-state index >= 15 is 0 Å². The van der Waals surface area contributed by atoms with Crippen LogP contribution in [0.4, 0.5) is 14.5 Å². The van der Waals surface area contributed by atoms with Crippen LogP contribution in [-0.4, -0.2) is 22.6 Å². The number of aromatic amines is 1. The van der Waals surface area contributed by atoms with E-state index in [1.807, 2.05) is 13.8 Å². The number of aryl methyl sites for hydroxylation is 2. The maximum atomic E-state index is 13.8. The van der Waals surface area contributed by atoms with E-state index in [4.69, 9.17) is 0 Å². The fraction of sp³-hybridized carbons (Fsp3) is 0.375. The molecule has 3 N–H and O–H groups in total. The van der Waals surface area contributed by atoms with Crippen molar-refractivity contribution in [3.8, 4) is 0 Å². The van der Waals surface area contributed by atoms with Gasteiger partial charge in [0.1, 0.15) is 11.6 Å². The SMILES string of the molecule is CC[C@@H](NCC(=O)Nc1c(C)n[nH]c1C)c1ccc(F)cc1F. The first-order valence-electron chi connectivity index (χ1n) is 7.42. The van der Waals surface area contributed by atoms with Crippen LogP contribution in [0.1, 0.15) is 36.3 Å². The maximum Gasteiger partial charge on any atom is 0.238 e. The molecule has 0 aliphatic carbocycles. The Labute approximate surface area is 133 Å². The monoisotopic (exact) mass is 322 g/mol. The largest absolute Gasteiger partial charge is 0.322 e. The quantitative estimate of drug-likeness (QED) is 0.766. The smallest absolute Gasteiger partial charge is 0.238 e. The van der Waals surface area contributed by atoms with E-state index in [0.717, 1.165) is 11.8 Å². The highest BCUT2D eigenvalue weighted by Gasteiger charge is 2.16. The van der Waals surface area contributed by atoms with Crippen LogP contribution in [0, 0.1) is 25.5 Å². The van der Waals surface area contributed by atoms with Gasteiger partial charge < -0.3 is 10.6 Å². The first kappa shape index (κ1) is 17.1. The summed E-state index contributed by atoms with van der Waals surface area (Å²) in [5, 5.41) is 12.5. The van der Waals surface area contributed by atoms with Crippen LogP contribution < -0.4 is 10.6 Å². The zero-order chi connectivity index (χ0) is 17.0. The molecule has 1 heterocycles. The minimum absolute atomic E-state index is 0.0133. The van der Waals surface area contributed by atoms with E-state index in [1.165, 1.54) is 12.1 Å². The number of benzene rings is 1. The van der Waals surface area contributed by atoms with Crippen LogP contribution in [0.3, 0.4) is 0 Å². The van der Waals surface area contributed by atoms with Crippen molar-refractivity contribution >= 4 is 11.6 Å². The molecule has 0 radical (unpaired) electrons. The van der Waals surface area contributed by atoms with Gasteiger partial charge in [0.05, 0.1) is 23.6 Å². The molecule has 0 spiro atoms. The number of carbonyl (C=O) groups is 1. The third-order valence-electron chi connectivity index (χ3n) is 3.65. The van der Waals surface area contributed by atoms with Gasteiger partial charge in [-0.25, -0.2) is 8.78 Å². The zero-order valence-electron chi connectivity index (χ0n) is 13.3. The van der Waals surface area contributed by atoms with Crippen molar-refractivity contribution in [2.45, 2.75) is 33.2 Å². The Hall–Kier alpha value is -2.28. The Balaban J connectivity index is 1.99. The number of H-pyrrole nitrogens is 1. The predicted octanol–water partition coefficient (Wildman–Crippen LogP) is 2.98. The molecule has 0 aliphatic heterocycles. The van der Waals surface area contributed by atoms with Crippen molar-refractivity contribution < 1.29 is 13.6 Å². The summed E-state index contributed by atoms with van der Waals surface area (Å²) in [6.45, 7) is 5.48. The highest BCUT2D eigenvalue weighted by Crippen LogP contribution is 2.21.